The topological polar surface area (TPSA) is 52.4 Å². The van der Waals surface area contributed by atoms with Gasteiger partial charge in [0.15, 0.2) is 0 Å². The van der Waals surface area contributed by atoms with Crippen molar-refractivity contribution in [1.29, 1.82) is 0 Å². The number of aryl methyl sites for hydroxylation is 1. The second-order valence-electron chi connectivity index (χ2n) is 4.03. The lowest BCUT2D eigenvalue weighted by Crippen LogP contribution is -1.96. The summed E-state index contributed by atoms with van der Waals surface area (Å²) in [6.45, 7) is 1.45. The molecule has 0 amide bonds. The molecule has 2 aromatic rings. The van der Waals surface area contributed by atoms with Crippen LogP contribution in [0.5, 0.6) is 11.5 Å². The van der Waals surface area contributed by atoms with Gasteiger partial charge in [-0.3, -0.25) is 10.1 Å². The quantitative estimate of drug-likeness (QED) is 0.597. The Morgan fingerprint density at radius 1 is 1.20 bits per heavy atom. The van der Waals surface area contributed by atoms with E-state index < -0.39 is 22.2 Å². The Balaban J connectivity index is 2.47. The lowest BCUT2D eigenvalue weighted by atomic mass is 10.2. The smallest absolute Gasteiger partial charge is 0.314 e. The van der Waals surface area contributed by atoms with E-state index in [0.29, 0.717) is 4.47 Å². The maximum Gasteiger partial charge on any atom is 0.314 e. The Morgan fingerprint density at radius 3 is 2.50 bits per heavy atom. The molecule has 0 aromatic heterocycles. The largest absolute Gasteiger partial charge is 0.450 e. The van der Waals surface area contributed by atoms with Gasteiger partial charge in [-0.05, 0) is 30.7 Å². The molecule has 7 heteroatoms. The molecule has 0 atom stereocenters. The molecule has 0 saturated heterocycles. The summed E-state index contributed by atoms with van der Waals surface area (Å²) in [6.07, 6.45) is 0. The maximum atomic E-state index is 13.4. The van der Waals surface area contributed by atoms with E-state index in [1.165, 1.54) is 25.1 Å². The summed E-state index contributed by atoms with van der Waals surface area (Å²) in [5, 5.41) is 10.9. The van der Waals surface area contributed by atoms with Gasteiger partial charge in [0.2, 0.25) is 5.75 Å². The fourth-order valence-corrected chi connectivity index (χ4v) is 2.03. The van der Waals surface area contributed by atoms with Crippen molar-refractivity contribution in [3.8, 4) is 11.5 Å². The predicted octanol–water partition coefficient (Wildman–Crippen LogP) is 4.74. The van der Waals surface area contributed by atoms with Gasteiger partial charge < -0.3 is 4.74 Å². The molecular weight excluding hydrogens is 336 g/mol. The van der Waals surface area contributed by atoms with E-state index in [0.717, 1.165) is 12.1 Å². The van der Waals surface area contributed by atoms with Crippen molar-refractivity contribution in [2.45, 2.75) is 6.92 Å². The molecule has 104 valence electrons. The van der Waals surface area contributed by atoms with Gasteiger partial charge in [-0.15, -0.1) is 0 Å². The first kappa shape index (κ1) is 14.4. The third-order valence-electron chi connectivity index (χ3n) is 2.50. The average molecular weight is 344 g/mol. The second kappa shape index (κ2) is 5.54. The van der Waals surface area contributed by atoms with Crippen molar-refractivity contribution < 1.29 is 18.4 Å². The van der Waals surface area contributed by atoms with Crippen molar-refractivity contribution in [1.82, 2.24) is 0 Å². The van der Waals surface area contributed by atoms with Crippen LogP contribution in [0.4, 0.5) is 14.5 Å². The standard InChI is InChI=1S/C13H8BrF2NO3/c1-7-2-13(12(17(18)19)6-11(7)16)20-10-4-8(14)3-9(15)5-10/h2-6H,1H3. The first-order chi connectivity index (χ1) is 9.36. The van der Waals surface area contributed by atoms with E-state index in [-0.39, 0.29) is 17.1 Å². The molecule has 0 radical (unpaired) electrons. The Labute approximate surface area is 121 Å². The van der Waals surface area contributed by atoms with Crippen LogP contribution in [0, 0.1) is 28.7 Å². The minimum Gasteiger partial charge on any atom is -0.450 e. The molecule has 0 fully saturated rings. The molecule has 2 aromatic carbocycles. The summed E-state index contributed by atoms with van der Waals surface area (Å²) in [7, 11) is 0. The van der Waals surface area contributed by atoms with Crippen LogP contribution in [0.3, 0.4) is 0 Å². The van der Waals surface area contributed by atoms with Gasteiger partial charge in [0.05, 0.1) is 11.0 Å². The van der Waals surface area contributed by atoms with Crippen LogP contribution in [-0.4, -0.2) is 4.92 Å². The number of nitrogens with zero attached hydrogens (tertiary/aromatic N) is 1. The van der Waals surface area contributed by atoms with Crippen molar-refractivity contribution in [2.75, 3.05) is 0 Å². The Kier molecular flexibility index (Phi) is 3.99. The number of benzene rings is 2. The monoisotopic (exact) mass is 343 g/mol. The SMILES string of the molecule is Cc1cc(Oc2cc(F)cc(Br)c2)c([N+](=O)[O-])cc1F. The third kappa shape index (κ3) is 3.11. The van der Waals surface area contributed by atoms with Crippen LogP contribution in [0.25, 0.3) is 0 Å². The van der Waals surface area contributed by atoms with Gasteiger partial charge in [-0.25, -0.2) is 8.78 Å². The average Bonchev–Trinajstić information content (AvgIpc) is 2.31. The van der Waals surface area contributed by atoms with Crippen molar-refractivity contribution in [3.63, 3.8) is 0 Å². The minimum absolute atomic E-state index is 0.0750. The van der Waals surface area contributed by atoms with Gasteiger partial charge in [0, 0.05) is 10.5 Å². The van der Waals surface area contributed by atoms with E-state index in [2.05, 4.69) is 15.9 Å². The highest BCUT2D eigenvalue weighted by Crippen LogP contribution is 2.34. The molecule has 0 aliphatic rings. The molecule has 0 saturated carbocycles. The molecule has 0 unspecified atom stereocenters. The van der Waals surface area contributed by atoms with Crippen LogP contribution in [-0.2, 0) is 0 Å². The molecule has 0 aliphatic carbocycles. The fourth-order valence-electron chi connectivity index (χ4n) is 1.58. The van der Waals surface area contributed by atoms with Crippen molar-refractivity contribution >= 4 is 21.6 Å². The molecule has 0 heterocycles. The van der Waals surface area contributed by atoms with Crippen LogP contribution < -0.4 is 4.74 Å². The summed E-state index contributed by atoms with van der Waals surface area (Å²) in [5.41, 5.74) is -0.324. The molecular formula is C13H8BrF2NO3. The van der Waals surface area contributed by atoms with Crippen LogP contribution in [0.1, 0.15) is 5.56 Å². The first-order valence-electron chi connectivity index (χ1n) is 5.45. The molecule has 0 N–H and O–H groups in total. The number of hydrogen-bond acceptors (Lipinski definition) is 3. The van der Waals surface area contributed by atoms with Crippen molar-refractivity contribution in [2.24, 2.45) is 0 Å². The Bertz CT molecular complexity index is 671. The van der Waals surface area contributed by atoms with Crippen LogP contribution in [0.15, 0.2) is 34.8 Å². The molecule has 2 rings (SSSR count). The van der Waals surface area contributed by atoms with Gasteiger partial charge in [-0.1, -0.05) is 15.9 Å². The van der Waals surface area contributed by atoms with Gasteiger partial charge in [0.1, 0.15) is 17.4 Å². The van der Waals surface area contributed by atoms with E-state index in [1.807, 2.05) is 0 Å². The Hall–Kier alpha value is -2.02. The van der Waals surface area contributed by atoms with Gasteiger partial charge in [-0.2, -0.15) is 0 Å². The summed E-state index contributed by atoms with van der Waals surface area (Å²) in [4.78, 5) is 10.1. The second-order valence-corrected chi connectivity index (χ2v) is 4.95. The fraction of sp³-hybridized carbons (Fsp3) is 0.0769. The zero-order chi connectivity index (χ0) is 14.9. The Morgan fingerprint density at radius 2 is 1.90 bits per heavy atom. The highest BCUT2D eigenvalue weighted by atomic mass is 79.9. The summed E-state index contributed by atoms with van der Waals surface area (Å²) >= 11 is 3.09. The van der Waals surface area contributed by atoms with Crippen LogP contribution >= 0.6 is 15.9 Å². The molecule has 0 spiro atoms. The number of nitro groups is 1. The van der Waals surface area contributed by atoms with E-state index in [4.69, 9.17) is 4.74 Å². The number of hydrogen-bond donors (Lipinski definition) is 0. The molecule has 4 nitrogen and oxygen atoms in total. The van der Waals surface area contributed by atoms with E-state index in [1.54, 1.807) is 0 Å². The minimum atomic E-state index is -0.758. The number of ether oxygens (including phenoxy) is 1. The summed E-state index contributed by atoms with van der Waals surface area (Å²) < 4.78 is 32.3. The number of rotatable bonds is 3. The lowest BCUT2D eigenvalue weighted by molar-refractivity contribution is -0.385. The summed E-state index contributed by atoms with van der Waals surface area (Å²) in [5.74, 6) is -1.34. The van der Waals surface area contributed by atoms with Crippen molar-refractivity contribution in [3.05, 3.63) is 62.1 Å². The number of halogens is 3. The van der Waals surface area contributed by atoms with E-state index in [9.17, 15) is 18.9 Å². The van der Waals surface area contributed by atoms with E-state index >= 15 is 0 Å². The predicted molar refractivity (Wildman–Crippen MR) is 72.0 cm³/mol. The number of nitro benzene ring substituents is 1. The zero-order valence-electron chi connectivity index (χ0n) is 10.2. The molecule has 0 bridgehead atoms. The summed E-state index contributed by atoms with van der Waals surface area (Å²) in [6, 6.07) is 5.72. The lowest BCUT2D eigenvalue weighted by Gasteiger charge is -2.08. The maximum absolute atomic E-state index is 13.4. The van der Waals surface area contributed by atoms with Gasteiger partial charge in [0.25, 0.3) is 0 Å². The highest BCUT2D eigenvalue weighted by Gasteiger charge is 2.19. The molecule has 20 heavy (non-hydrogen) atoms. The van der Waals surface area contributed by atoms with Gasteiger partial charge >= 0.3 is 5.69 Å². The normalized spacial score (nSPS) is 10.4. The van der Waals surface area contributed by atoms with Crippen LogP contribution in [0.2, 0.25) is 0 Å². The highest BCUT2D eigenvalue weighted by molar-refractivity contribution is 9.10. The third-order valence-corrected chi connectivity index (χ3v) is 2.96. The molecule has 0 aliphatic heterocycles. The first-order valence-corrected chi connectivity index (χ1v) is 6.24. The zero-order valence-corrected chi connectivity index (χ0v) is 11.8.